The number of carboxylic acid groups (broad SMARTS) is 1. The van der Waals surface area contributed by atoms with Gasteiger partial charge in [0, 0.05) is 23.9 Å². The molecule has 0 aliphatic heterocycles. The Balaban J connectivity index is 1.99. The normalized spacial score (nSPS) is 11.3. The fraction of sp³-hybridized carbons (Fsp3) is 0.353. The second-order valence-electron chi connectivity index (χ2n) is 6.23. The number of thiazole rings is 1. The first kappa shape index (κ1) is 17.1. The number of hydrogen-bond donors (Lipinski definition) is 2. The SMILES string of the molecule is CC(C)(C)c1ccccc1C(=O)NCCc1nc(C(=O)O)cs1. The number of nitrogens with one attached hydrogen (secondary N) is 1. The van der Waals surface area contributed by atoms with E-state index in [1.165, 1.54) is 16.7 Å². The van der Waals surface area contributed by atoms with E-state index in [1.807, 2.05) is 24.3 Å². The first-order chi connectivity index (χ1) is 10.8. The number of rotatable bonds is 5. The fourth-order valence-electron chi connectivity index (χ4n) is 2.24. The number of carboxylic acids is 1. The highest BCUT2D eigenvalue weighted by molar-refractivity contribution is 7.09. The number of aromatic carboxylic acids is 1. The summed E-state index contributed by atoms with van der Waals surface area (Å²) in [7, 11) is 0. The van der Waals surface area contributed by atoms with Crippen molar-refractivity contribution in [3.63, 3.8) is 0 Å². The number of hydrogen-bond acceptors (Lipinski definition) is 4. The van der Waals surface area contributed by atoms with E-state index >= 15 is 0 Å². The highest BCUT2D eigenvalue weighted by Crippen LogP contribution is 2.25. The molecule has 5 nitrogen and oxygen atoms in total. The van der Waals surface area contributed by atoms with Crippen molar-refractivity contribution in [2.75, 3.05) is 6.54 Å². The number of nitrogens with zero attached hydrogens (tertiary/aromatic N) is 1. The average Bonchev–Trinajstić information content (AvgIpc) is 2.95. The van der Waals surface area contributed by atoms with Crippen LogP contribution in [0.5, 0.6) is 0 Å². The number of carbonyl (C=O) groups excluding carboxylic acids is 1. The Bertz CT molecular complexity index is 717. The third-order valence-electron chi connectivity index (χ3n) is 3.37. The summed E-state index contributed by atoms with van der Waals surface area (Å²) in [5.41, 5.74) is 1.61. The van der Waals surface area contributed by atoms with Crippen molar-refractivity contribution in [3.05, 3.63) is 51.5 Å². The maximum atomic E-state index is 12.4. The van der Waals surface area contributed by atoms with Crippen molar-refractivity contribution < 1.29 is 14.7 Å². The van der Waals surface area contributed by atoms with Gasteiger partial charge in [-0.3, -0.25) is 4.79 Å². The van der Waals surface area contributed by atoms with E-state index in [2.05, 4.69) is 31.1 Å². The smallest absolute Gasteiger partial charge is 0.355 e. The van der Waals surface area contributed by atoms with E-state index < -0.39 is 5.97 Å². The van der Waals surface area contributed by atoms with Crippen LogP contribution in [0.3, 0.4) is 0 Å². The molecule has 0 unspecified atom stereocenters. The van der Waals surface area contributed by atoms with Gasteiger partial charge in [0.25, 0.3) is 5.91 Å². The number of carbonyl (C=O) groups is 2. The molecule has 0 saturated carbocycles. The molecule has 0 saturated heterocycles. The molecule has 122 valence electrons. The third kappa shape index (κ3) is 4.39. The zero-order valence-electron chi connectivity index (χ0n) is 13.4. The molecule has 0 spiro atoms. The Hall–Kier alpha value is -2.21. The second kappa shape index (κ2) is 6.91. The van der Waals surface area contributed by atoms with E-state index in [1.54, 1.807) is 0 Å². The molecule has 23 heavy (non-hydrogen) atoms. The monoisotopic (exact) mass is 332 g/mol. The lowest BCUT2D eigenvalue weighted by Gasteiger charge is -2.22. The van der Waals surface area contributed by atoms with Gasteiger partial charge in [-0.05, 0) is 17.0 Å². The van der Waals surface area contributed by atoms with Crippen LogP contribution in [-0.4, -0.2) is 28.5 Å². The summed E-state index contributed by atoms with van der Waals surface area (Å²) in [6, 6.07) is 7.57. The van der Waals surface area contributed by atoms with Crippen LogP contribution in [0.15, 0.2) is 29.6 Å². The Kier molecular flexibility index (Phi) is 5.15. The van der Waals surface area contributed by atoms with Crippen LogP contribution in [0.2, 0.25) is 0 Å². The predicted molar refractivity (Wildman–Crippen MR) is 90.3 cm³/mol. The summed E-state index contributed by atoms with van der Waals surface area (Å²) in [4.78, 5) is 27.2. The molecule has 2 N–H and O–H groups in total. The third-order valence-corrected chi connectivity index (χ3v) is 4.28. The molecule has 0 atom stereocenters. The van der Waals surface area contributed by atoms with Gasteiger partial charge in [0.05, 0.1) is 5.01 Å². The molecule has 0 fully saturated rings. The zero-order chi connectivity index (χ0) is 17.0. The maximum Gasteiger partial charge on any atom is 0.355 e. The molecule has 0 aliphatic carbocycles. The van der Waals surface area contributed by atoms with Gasteiger partial charge in [-0.15, -0.1) is 11.3 Å². The number of amides is 1. The Morgan fingerprint density at radius 2 is 1.96 bits per heavy atom. The molecular formula is C17H20N2O3S. The fourth-order valence-corrected chi connectivity index (χ4v) is 3.01. The summed E-state index contributed by atoms with van der Waals surface area (Å²) in [5.74, 6) is -1.15. The minimum atomic E-state index is -1.03. The molecule has 0 aliphatic rings. The standard InChI is InChI=1S/C17H20N2O3S/c1-17(2,3)12-7-5-4-6-11(12)15(20)18-9-8-14-19-13(10-23-14)16(21)22/h4-7,10H,8-9H2,1-3H3,(H,18,20)(H,21,22). The Morgan fingerprint density at radius 1 is 1.26 bits per heavy atom. The molecule has 1 aromatic heterocycles. The summed E-state index contributed by atoms with van der Waals surface area (Å²) in [6.45, 7) is 6.64. The summed E-state index contributed by atoms with van der Waals surface area (Å²) in [5, 5.41) is 13.9. The summed E-state index contributed by atoms with van der Waals surface area (Å²) < 4.78 is 0. The maximum absolute atomic E-state index is 12.4. The largest absolute Gasteiger partial charge is 0.476 e. The van der Waals surface area contributed by atoms with Crippen molar-refractivity contribution in [1.29, 1.82) is 0 Å². The quantitative estimate of drug-likeness (QED) is 0.882. The number of aromatic nitrogens is 1. The van der Waals surface area contributed by atoms with Gasteiger partial charge < -0.3 is 10.4 Å². The van der Waals surface area contributed by atoms with Crippen LogP contribution in [-0.2, 0) is 11.8 Å². The van der Waals surface area contributed by atoms with Crippen molar-refractivity contribution in [3.8, 4) is 0 Å². The van der Waals surface area contributed by atoms with Crippen LogP contribution >= 0.6 is 11.3 Å². The van der Waals surface area contributed by atoms with Crippen LogP contribution in [0.4, 0.5) is 0 Å². The van der Waals surface area contributed by atoms with Crippen LogP contribution < -0.4 is 5.32 Å². The van der Waals surface area contributed by atoms with Crippen molar-refractivity contribution in [2.45, 2.75) is 32.6 Å². The van der Waals surface area contributed by atoms with Gasteiger partial charge in [-0.25, -0.2) is 9.78 Å². The van der Waals surface area contributed by atoms with E-state index in [4.69, 9.17) is 5.11 Å². The van der Waals surface area contributed by atoms with Crippen molar-refractivity contribution in [2.24, 2.45) is 0 Å². The van der Waals surface area contributed by atoms with Crippen molar-refractivity contribution in [1.82, 2.24) is 10.3 Å². The number of benzene rings is 1. The second-order valence-corrected chi connectivity index (χ2v) is 7.18. The van der Waals surface area contributed by atoms with Gasteiger partial charge in [-0.1, -0.05) is 39.0 Å². The molecule has 6 heteroatoms. The molecule has 1 amide bonds. The Labute approximate surface area is 139 Å². The summed E-state index contributed by atoms with van der Waals surface area (Å²) >= 11 is 1.29. The lowest BCUT2D eigenvalue weighted by molar-refractivity contribution is 0.0690. The topological polar surface area (TPSA) is 79.3 Å². The van der Waals surface area contributed by atoms with E-state index in [9.17, 15) is 9.59 Å². The minimum absolute atomic E-state index is 0.0504. The first-order valence-corrected chi connectivity index (χ1v) is 8.22. The molecule has 1 heterocycles. The molecule has 2 rings (SSSR count). The van der Waals surface area contributed by atoms with Gasteiger partial charge in [0.15, 0.2) is 5.69 Å². The van der Waals surface area contributed by atoms with Gasteiger partial charge in [0.1, 0.15) is 0 Å². The van der Waals surface area contributed by atoms with Crippen molar-refractivity contribution >= 4 is 23.2 Å². The first-order valence-electron chi connectivity index (χ1n) is 7.34. The lowest BCUT2D eigenvalue weighted by atomic mass is 9.83. The van der Waals surface area contributed by atoms with E-state index in [0.717, 1.165) is 5.56 Å². The van der Waals surface area contributed by atoms with Crippen LogP contribution in [0.1, 0.15) is 52.2 Å². The molecule has 2 aromatic rings. The zero-order valence-corrected chi connectivity index (χ0v) is 14.2. The van der Waals surface area contributed by atoms with Crippen LogP contribution in [0, 0.1) is 0 Å². The molecule has 1 aromatic carbocycles. The predicted octanol–water partition coefficient (Wildman–Crippen LogP) is 3.11. The van der Waals surface area contributed by atoms with Gasteiger partial charge in [0.2, 0.25) is 0 Å². The van der Waals surface area contributed by atoms with Gasteiger partial charge in [-0.2, -0.15) is 0 Å². The highest BCUT2D eigenvalue weighted by Gasteiger charge is 2.20. The molecular weight excluding hydrogens is 312 g/mol. The van der Waals surface area contributed by atoms with Gasteiger partial charge >= 0.3 is 5.97 Å². The van der Waals surface area contributed by atoms with E-state index in [0.29, 0.717) is 23.5 Å². The minimum Gasteiger partial charge on any atom is -0.476 e. The molecule has 0 bridgehead atoms. The van der Waals surface area contributed by atoms with E-state index in [-0.39, 0.29) is 17.0 Å². The van der Waals surface area contributed by atoms with Crippen LogP contribution in [0.25, 0.3) is 0 Å². The Morgan fingerprint density at radius 3 is 2.57 bits per heavy atom. The summed E-state index contributed by atoms with van der Waals surface area (Å²) in [6.07, 6.45) is 0.515. The molecule has 0 radical (unpaired) electrons. The lowest BCUT2D eigenvalue weighted by Crippen LogP contribution is -2.28. The average molecular weight is 332 g/mol. The highest BCUT2D eigenvalue weighted by atomic mass is 32.1.